The van der Waals surface area contributed by atoms with Crippen molar-refractivity contribution in [2.45, 2.75) is 20.4 Å². The first-order valence-corrected chi connectivity index (χ1v) is 11.1. The second-order valence-corrected chi connectivity index (χ2v) is 8.98. The standard InChI is InChI=1S/C23H19Cl2N3O2S/c1-14-8-15(2)22-20(9-14)31-23(27-22)28(12-16-4-3-7-26-11-16)21(29)13-30-19-6-5-17(24)10-18(19)25/h3-11H,12-13H2,1-2H3. The van der Waals surface area contributed by atoms with Gasteiger partial charge in [0.1, 0.15) is 5.75 Å². The third kappa shape index (κ3) is 4.98. The van der Waals surface area contributed by atoms with Crippen LogP contribution in [0.15, 0.2) is 54.9 Å². The van der Waals surface area contributed by atoms with Gasteiger partial charge in [-0.15, -0.1) is 0 Å². The number of hydrogen-bond donors (Lipinski definition) is 0. The van der Waals surface area contributed by atoms with Crippen molar-refractivity contribution in [3.05, 3.63) is 81.6 Å². The third-order valence-electron chi connectivity index (χ3n) is 4.66. The lowest BCUT2D eigenvalue weighted by molar-refractivity contribution is -0.120. The molecule has 0 spiro atoms. The molecule has 31 heavy (non-hydrogen) atoms. The average molecular weight is 472 g/mol. The van der Waals surface area contributed by atoms with Crippen LogP contribution >= 0.6 is 34.5 Å². The summed E-state index contributed by atoms with van der Waals surface area (Å²) >= 11 is 13.6. The first-order valence-electron chi connectivity index (χ1n) is 9.55. The van der Waals surface area contributed by atoms with E-state index in [1.807, 2.05) is 26.0 Å². The fourth-order valence-corrected chi connectivity index (χ4v) is 4.84. The minimum absolute atomic E-state index is 0.185. The lowest BCUT2D eigenvalue weighted by Gasteiger charge is -2.20. The summed E-state index contributed by atoms with van der Waals surface area (Å²) in [5.74, 6) is 0.166. The van der Waals surface area contributed by atoms with Gasteiger partial charge in [0.2, 0.25) is 0 Å². The molecule has 2 aromatic heterocycles. The largest absolute Gasteiger partial charge is 0.482 e. The van der Waals surface area contributed by atoms with Crippen LogP contribution in [-0.4, -0.2) is 22.5 Å². The summed E-state index contributed by atoms with van der Waals surface area (Å²) in [5.41, 5.74) is 4.03. The van der Waals surface area contributed by atoms with Gasteiger partial charge in [0.05, 0.1) is 21.8 Å². The van der Waals surface area contributed by atoms with Gasteiger partial charge in [0.25, 0.3) is 5.91 Å². The highest BCUT2D eigenvalue weighted by Crippen LogP contribution is 2.33. The second kappa shape index (κ2) is 9.22. The molecule has 0 unspecified atom stereocenters. The second-order valence-electron chi connectivity index (χ2n) is 7.13. The molecule has 0 atom stereocenters. The smallest absolute Gasteiger partial charge is 0.267 e. The molecule has 0 saturated carbocycles. The van der Waals surface area contributed by atoms with Gasteiger partial charge in [-0.2, -0.15) is 0 Å². The lowest BCUT2D eigenvalue weighted by Crippen LogP contribution is -2.34. The first kappa shape index (κ1) is 21.6. The van der Waals surface area contributed by atoms with Crippen molar-refractivity contribution in [3.63, 3.8) is 0 Å². The SMILES string of the molecule is Cc1cc(C)c2nc(N(Cc3cccnc3)C(=O)COc3ccc(Cl)cc3Cl)sc2c1. The highest BCUT2D eigenvalue weighted by molar-refractivity contribution is 7.22. The topological polar surface area (TPSA) is 55.3 Å². The Hall–Kier alpha value is -2.67. The monoisotopic (exact) mass is 471 g/mol. The number of anilines is 1. The quantitative estimate of drug-likeness (QED) is 0.334. The van der Waals surface area contributed by atoms with Crippen LogP contribution in [0.2, 0.25) is 10.0 Å². The molecule has 2 heterocycles. The van der Waals surface area contributed by atoms with Crippen molar-refractivity contribution < 1.29 is 9.53 Å². The van der Waals surface area contributed by atoms with Crippen LogP contribution in [0.4, 0.5) is 5.13 Å². The Morgan fingerprint density at radius 3 is 2.74 bits per heavy atom. The molecule has 4 rings (SSSR count). The van der Waals surface area contributed by atoms with Gasteiger partial charge in [-0.1, -0.05) is 46.7 Å². The van der Waals surface area contributed by atoms with Gasteiger partial charge in [-0.05, 0) is 60.9 Å². The predicted molar refractivity (Wildman–Crippen MR) is 126 cm³/mol. The molecule has 0 saturated heterocycles. The molecule has 8 heteroatoms. The van der Waals surface area contributed by atoms with E-state index in [2.05, 4.69) is 17.1 Å². The molecule has 5 nitrogen and oxygen atoms in total. The van der Waals surface area contributed by atoms with Gasteiger partial charge in [0.15, 0.2) is 11.7 Å². The van der Waals surface area contributed by atoms with E-state index in [0.717, 1.165) is 26.9 Å². The number of hydrogen-bond acceptors (Lipinski definition) is 5. The fourth-order valence-electron chi connectivity index (χ4n) is 3.22. The molecule has 0 bridgehead atoms. The van der Waals surface area contributed by atoms with Gasteiger partial charge in [0, 0.05) is 17.4 Å². The maximum Gasteiger partial charge on any atom is 0.267 e. The third-order valence-corrected chi connectivity index (χ3v) is 6.21. The summed E-state index contributed by atoms with van der Waals surface area (Å²) in [6, 6.07) is 12.8. The van der Waals surface area contributed by atoms with Crippen LogP contribution in [0.5, 0.6) is 5.75 Å². The maximum absolute atomic E-state index is 13.2. The number of fused-ring (bicyclic) bond motifs is 1. The highest BCUT2D eigenvalue weighted by atomic mass is 35.5. The number of nitrogens with zero attached hydrogens (tertiary/aromatic N) is 3. The molecular weight excluding hydrogens is 453 g/mol. The van der Waals surface area contributed by atoms with Gasteiger partial charge in [-0.25, -0.2) is 4.98 Å². The average Bonchev–Trinajstić information content (AvgIpc) is 3.16. The number of pyridine rings is 1. The predicted octanol–water partition coefficient (Wildman–Crippen LogP) is 6.23. The molecule has 1 amide bonds. The molecule has 0 aliphatic heterocycles. The van der Waals surface area contributed by atoms with E-state index in [-0.39, 0.29) is 12.5 Å². The lowest BCUT2D eigenvalue weighted by atomic mass is 10.1. The Balaban J connectivity index is 1.64. The number of aromatic nitrogens is 2. The van der Waals surface area contributed by atoms with Crippen molar-refractivity contribution in [3.8, 4) is 5.75 Å². The molecule has 4 aromatic rings. The van der Waals surface area contributed by atoms with Crippen molar-refractivity contribution in [2.24, 2.45) is 0 Å². The molecule has 0 aliphatic carbocycles. The van der Waals surface area contributed by atoms with Crippen LogP contribution in [0.3, 0.4) is 0 Å². The molecule has 0 aliphatic rings. The van der Waals surface area contributed by atoms with E-state index in [0.29, 0.717) is 27.5 Å². The van der Waals surface area contributed by atoms with E-state index in [1.165, 1.54) is 11.3 Å². The molecule has 2 aromatic carbocycles. The zero-order valence-corrected chi connectivity index (χ0v) is 19.3. The molecular formula is C23H19Cl2N3O2S. The van der Waals surface area contributed by atoms with Gasteiger partial charge < -0.3 is 4.74 Å². The number of rotatable bonds is 6. The van der Waals surface area contributed by atoms with Crippen molar-refractivity contribution in [1.29, 1.82) is 0 Å². The van der Waals surface area contributed by atoms with E-state index >= 15 is 0 Å². The summed E-state index contributed by atoms with van der Waals surface area (Å²) < 4.78 is 6.73. The first-order chi connectivity index (χ1) is 14.9. The number of thiazole rings is 1. The molecule has 0 fully saturated rings. The van der Waals surface area contributed by atoms with E-state index in [9.17, 15) is 4.79 Å². The zero-order valence-electron chi connectivity index (χ0n) is 16.9. The van der Waals surface area contributed by atoms with Crippen LogP contribution < -0.4 is 9.64 Å². The number of ether oxygens (including phenoxy) is 1. The molecule has 0 radical (unpaired) electrons. The van der Waals surface area contributed by atoms with Crippen molar-refractivity contribution >= 4 is 55.8 Å². The Morgan fingerprint density at radius 2 is 2.00 bits per heavy atom. The van der Waals surface area contributed by atoms with E-state index in [1.54, 1.807) is 35.5 Å². The van der Waals surface area contributed by atoms with Crippen LogP contribution in [0.1, 0.15) is 16.7 Å². The Kier molecular flexibility index (Phi) is 6.41. The van der Waals surface area contributed by atoms with Crippen LogP contribution in [0.25, 0.3) is 10.2 Å². The minimum atomic E-state index is -0.233. The zero-order chi connectivity index (χ0) is 22.0. The number of carbonyl (C=O) groups is 1. The molecule has 158 valence electrons. The van der Waals surface area contributed by atoms with E-state index in [4.69, 9.17) is 32.9 Å². The Bertz CT molecular complexity index is 1240. The van der Waals surface area contributed by atoms with Gasteiger partial charge in [-0.3, -0.25) is 14.7 Å². The van der Waals surface area contributed by atoms with Gasteiger partial charge >= 0.3 is 0 Å². The minimum Gasteiger partial charge on any atom is -0.482 e. The van der Waals surface area contributed by atoms with Crippen LogP contribution in [-0.2, 0) is 11.3 Å². The summed E-state index contributed by atoms with van der Waals surface area (Å²) in [6.07, 6.45) is 3.44. The molecule has 0 N–H and O–H groups in total. The van der Waals surface area contributed by atoms with Crippen LogP contribution in [0, 0.1) is 13.8 Å². The number of carbonyl (C=O) groups excluding carboxylic acids is 1. The van der Waals surface area contributed by atoms with E-state index < -0.39 is 0 Å². The summed E-state index contributed by atoms with van der Waals surface area (Å²) in [4.78, 5) is 23.7. The summed E-state index contributed by atoms with van der Waals surface area (Å²) in [6.45, 7) is 4.23. The Labute approximate surface area is 194 Å². The number of aryl methyl sites for hydroxylation is 2. The number of benzene rings is 2. The normalized spacial score (nSPS) is 11.0. The highest BCUT2D eigenvalue weighted by Gasteiger charge is 2.22. The fraction of sp³-hybridized carbons (Fsp3) is 0.174. The van der Waals surface area contributed by atoms with Crippen molar-refractivity contribution in [2.75, 3.05) is 11.5 Å². The number of halogens is 2. The maximum atomic E-state index is 13.2. The van der Waals surface area contributed by atoms with Crippen molar-refractivity contribution in [1.82, 2.24) is 9.97 Å². The summed E-state index contributed by atoms with van der Waals surface area (Å²) in [7, 11) is 0. The Morgan fingerprint density at radius 1 is 1.16 bits per heavy atom. The number of amides is 1. The summed E-state index contributed by atoms with van der Waals surface area (Å²) in [5, 5.41) is 1.47.